The van der Waals surface area contributed by atoms with Crippen LogP contribution in [0.4, 0.5) is 5.69 Å². The molecule has 1 N–H and O–H groups in total. The highest BCUT2D eigenvalue weighted by atomic mass is 16.2. The fourth-order valence-electron chi connectivity index (χ4n) is 6.23. The van der Waals surface area contributed by atoms with Crippen LogP contribution in [0.2, 0.25) is 0 Å². The Labute approximate surface area is 268 Å². The molecule has 0 radical (unpaired) electrons. The van der Waals surface area contributed by atoms with Crippen molar-refractivity contribution >= 4 is 39.6 Å². The molecule has 1 amide bonds. The van der Waals surface area contributed by atoms with E-state index in [0.29, 0.717) is 0 Å². The average Bonchev–Trinajstić information content (AvgIpc) is 3.13. The monoisotopic (exact) mass is 588 g/mol. The summed E-state index contributed by atoms with van der Waals surface area (Å²) >= 11 is 0. The molecule has 0 spiro atoms. The maximum absolute atomic E-state index is 12.2. The molecule has 0 saturated heterocycles. The fraction of sp³-hybridized carbons (Fsp3) is 0.0976. The summed E-state index contributed by atoms with van der Waals surface area (Å²) in [6, 6.07) is 63.2. The minimum absolute atomic E-state index is 0.0754. The van der Waals surface area contributed by atoms with E-state index in [-0.39, 0.29) is 5.91 Å². The van der Waals surface area contributed by atoms with E-state index in [9.17, 15) is 4.79 Å². The van der Waals surface area contributed by atoms with Crippen LogP contribution in [0.25, 0.3) is 0 Å². The van der Waals surface area contributed by atoms with E-state index in [0.717, 1.165) is 18.7 Å². The van der Waals surface area contributed by atoms with Crippen LogP contribution >= 0.6 is 0 Å². The van der Waals surface area contributed by atoms with E-state index in [2.05, 4.69) is 141 Å². The molecule has 6 aromatic carbocycles. The van der Waals surface area contributed by atoms with Gasteiger partial charge in [-0.05, 0) is 24.3 Å². The predicted molar refractivity (Wildman–Crippen MR) is 191 cm³/mol. The summed E-state index contributed by atoms with van der Waals surface area (Å²) in [5.41, 5.74) is 7.34. The molecule has 0 aliphatic rings. The average molecular weight is 589 g/mol. The summed E-state index contributed by atoms with van der Waals surface area (Å²) in [6.45, 7) is 1.62. The molecule has 0 aliphatic heterocycles. The molecule has 224 valence electrons. The number of hydrogen-bond donors (Lipinski definition) is 1. The van der Waals surface area contributed by atoms with Crippen molar-refractivity contribution in [2.45, 2.75) is 0 Å². The lowest BCUT2D eigenvalue weighted by Crippen LogP contribution is -3.04. The Kier molecular flexibility index (Phi) is 10.8. The molecule has 1 atom stereocenters. The van der Waals surface area contributed by atoms with Crippen molar-refractivity contribution in [1.29, 1.82) is 0 Å². The smallest absolute Gasteiger partial charge is 0.253 e. The van der Waals surface area contributed by atoms with Gasteiger partial charge in [0.25, 0.3) is 5.91 Å². The molecule has 6 aromatic rings. The molecule has 0 fully saturated rings. The number of para-hydroxylation sites is 1. The highest BCUT2D eigenvalue weighted by Gasteiger charge is 2.31. The highest BCUT2D eigenvalue weighted by molar-refractivity contribution is 7.19. The first-order chi connectivity index (χ1) is 22.1. The fourth-order valence-corrected chi connectivity index (χ4v) is 6.23. The first-order valence-electron chi connectivity index (χ1n) is 15.7. The second-order valence-electron chi connectivity index (χ2n) is 11.5. The zero-order chi connectivity index (χ0) is 31.3. The molecule has 45 heavy (non-hydrogen) atoms. The minimum Gasteiger partial charge on any atom is -0.336 e. The van der Waals surface area contributed by atoms with Gasteiger partial charge < -0.3 is 9.80 Å². The van der Waals surface area contributed by atoms with Crippen LogP contribution in [0.5, 0.6) is 0 Å². The largest absolute Gasteiger partial charge is 0.336 e. The van der Waals surface area contributed by atoms with Crippen molar-refractivity contribution in [3.05, 3.63) is 188 Å². The first-order valence-corrected chi connectivity index (χ1v) is 15.7. The number of nitrogens with one attached hydrogen (secondary N) is 1. The maximum atomic E-state index is 12.2. The first kappa shape index (κ1) is 31.2. The molecule has 1 unspecified atom stereocenters. The summed E-state index contributed by atoms with van der Waals surface area (Å²) in [7, 11) is 3.98. The lowest BCUT2D eigenvalue weighted by molar-refractivity contribution is -0.809. The topological polar surface area (TPSA) is 24.8 Å². The summed E-state index contributed by atoms with van der Waals surface area (Å²) in [5, 5.41) is 0. The number of likely N-dealkylation sites (N-methyl/N-ethyl adjacent to an activating group) is 2. The number of amides is 1. The molecule has 3 nitrogen and oxygen atoms in total. The summed E-state index contributed by atoms with van der Waals surface area (Å²) < 4.78 is 0. The number of benzene rings is 6. The molecular weight excluding hydrogens is 547 g/mol. The van der Waals surface area contributed by atoms with E-state index in [1.54, 1.807) is 4.90 Å². The predicted octanol–water partition coefficient (Wildman–Crippen LogP) is 4.67. The third-order valence-corrected chi connectivity index (χ3v) is 8.65. The van der Waals surface area contributed by atoms with Gasteiger partial charge in [0.2, 0.25) is 0 Å². The van der Waals surface area contributed by atoms with Crippen molar-refractivity contribution < 1.29 is 9.69 Å². The van der Waals surface area contributed by atoms with Gasteiger partial charge in [-0.1, -0.05) is 158 Å². The van der Waals surface area contributed by atoms with Gasteiger partial charge in [-0.15, -0.1) is 0 Å². The van der Waals surface area contributed by atoms with Gasteiger partial charge >= 0.3 is 0 Å². The van der Waals surface area contributed by atoms with E-state index in [1.165, 1.54) is 32.4 Å². The number of carbonyl (C=O) groups is 1. The lowest BCUT2D eigenvalue weighted by atomic mass is 9.13. The van der Waals surface area contributed by atoms with Crippen LogP contribution in [0.3, 0.4) is 0 Å². The van der Waals surface area contributed by atoms with Crippen LogP contribution in [0.15, 0.2) is 182 Å². The van der Waals surface area contributed by atoms with Crippen LogP contribution in [-0.4, -0.2) is 44.1 Å². The number of hydrogen-bond acceptors (Lipinski definition) is 1. The Hall–Kier alpha value is -5.19. The van der Waals surface area contributed by atoms with Crippen molar-refractivity contribution in [1.82, 2.24) is 4.90 Å². The van der Waals surface area contributed by atoms with E-state index >= 15 is 0 Å². The van der Waals surface area contributed by atoms with Crippen LogP contribution in [-0.2, 0) is 0 Å². The second kappa shape index (κ2) is 15.5. The van der Waals surface area contributed by atoms with E-state index in [4.69, 9.17) is 0 Å². The van der Waals surface area contributed by atoms with E-state index in [1.807, 2.05) is 55.6 Å². The SMILES string of the molecule is CN(CC[NH+](C)c1ccccc1)C(=O)c1ccccc1.c1ccc([B-](c2ccccc2)(c2ccccc2)c2ccccc2)cc1. The third kappa shape index (κ3) is 7.49. The van der Waals surface area contributed by atoms with Crippen LogP contribution in [0, 0.1) is 0 Å². The van der Waals surface area contributed by atoms with Gasteiger partial charge in [-0.25, -0.2) is 0 Å². The molecule has 0 heterocycles. The maximum Gasteiger partial charge on any atom is 0.253 e. The number of quaternary nitrogens is 1. The summed E-state index contributed by atoms with van der Waals surface area (Å²) in [5.74, 6) is 0.0754. The van der Waals surface area contributed by atoms with E-state index < -0.39 is 6.15 Å². The van der Waals surface area contributed by atoms with Gasteiger partial charge in [-0.2, -0.15) is 21.9 Å². The molecule has 0 aliphatic carbocycles. The second-order valence-corrected chi connectivity index (χ2v) is 11.5. The molecule has 0 bridgehead atoms. The van der Waals surface area contributed by atoms with Gasteiger partial charge in [0.15, 0.2) is 0 Å². The molecular formula is C41H41BN2O. The normalized spacial score (nSPS) is 11.5. The van der Waals surface area contributed by atoms with Gasteiger partial charge in [-0.3, -0.25) is 4.79 Å². The summed E-state index contributed by atoms with van der Waals surface area (Å²) in [6.07, 6.45) is -1.22. The quantitative estimate of drug-likeness (QED) is 0.244. The zero-order valence-corrected chi connectivity index (χ0v) is 26.2. The third-order valence-electron chi connectivity index (χ3n) is 8.65. The molecule has 0 aromatic heterocycles. The number of nitrogens with zero attached hydrogens (tertiary/aromatic N) is 1. The Morgan fingerprint density at radius 3 is 1.18 bits per heavy atom. The Morgan fingerprint density at radius 2 is 0.822 bits per heavy atom. The molecule has 6 rings (SSSR count). The summed E-state index contributed by atoms with van der Waals surface area (Å²) in [4.78, 5) is 15.3. The zero-order valence-electron chi connectivity index (χ0n) is 26.2. The van der Waals surface area contributed by atoms with Gasteiger partial charge in [0.05, 0.1) is 20.1 Å². The van der Waals surface area contributed by atoms with Crippen molar-refractivity contribution in [3.63, 3.8) is 0 Å². The van der Waals surface area contributed by atoms with Gasteiger partial charge in [0, 0.05) is 12.6 Å². The Balaban J connectivity index is 0.000000183. The number of rotatable bonds is 9. The standard InChI is InChI=1S/C24H20B.C17H20N2O/c1-5-13-21(14-6-1)25(22-15-7-2-8-16-22,23-17-9-3-10-18-23)24-19-11-4-12-20-24;1-18(16-11-7-4-8-12-16)13-14-19(2)17(20)15-9-5-3-6-10-15/h1-20H;3-12H,13-14H2,1-2H3/q-1;/p+1. The molecule has 0 saturated carbocycles. The lowest BCUT2D eigenvalue weighted by Gasteiger charge is -2.44. The highest BCUT2D eigenvalue weighted by Crippen LogP contribution is 2.09. The number of carbonyl (C=O) groups excluding carboxylic acids is 1. The van der Waals surface area contributed by atoms with Gasteiger partial charge in [0.1, 0.15) is 11.8 Å². The van der Waals surface area contributed by atoms with Crippen molar-refractivity contribution in [2.75, 3.05) is 27.2 Å². The Bertz CT molecular complexity index is 1550. The van der Waals surface area contributed by atoms with Crippen molar-refractivity contribution in [3.8, 4) is 0 Å². The Morgan fingerprint density at radius 1 is 0.511 bits per heavy atom. The van der Waals surface area contributed by atoms with Crippen LogP contribution in [0.1, 0.15) is 10.4 Å². The van der Waals surface area contributed by atoms with Crippen LogP contribution < -0.4 is 26.8 Å². The minimum atomic E-state index is -1.22. The van der Waals surface area contributed by atoms with Crippen molar-refractivity contribution in [2.24, 2.45) is 0 Å². The molecule has 4 heteroatoms.